The van der Waals surface area contributed by atoms with E-state index >= 15 is 0 Å². The van der Waals surface area contributed by atoms with Gasteiger partial charge in [0.05, 0.1) is 12.7 Å². The molecule has 7 heteroatoms. The molecule has 1 unspecified atom stereocenters. The number of hydrogen-bond donors (Lipinski definition) is 2. The zero-order valence-corrected chi connectivity index (χ0v) is 9.99. The van der Waals surface area contributed by atoms with Gasteiger partial charge in [0, 0.05) is 20.8 Å². The summed E-state index contributed by atoms with van der Waals surface area (Å²) in [6, 6.07) is 0. The highest BCUT2D eigenvalue weighted by atomic mass is 35.5. The molecule has 1 aromatic heterocycles. The van der Waals surface area contributed by atoms with Crippen LogP contribution in [0.1, 0.15) is 0 Å². The molecule has 1 heterocycles. The first kappa shape index (κ1) is 13.0. The van der Waals surface area contributed by atoms with Crippen LogP contribution in [-0.2, 0) is 9.47 Å². The maximum absolute atomic E-state index is 5.91. The summed E-state index contributed by atoms with van der Waals surface area (Å²) < 4.78 is 10.2. The smallest absolute Gasteiger partial charge is 0.150 e. The average Bonchev–Trinajstić information content (AvgIpc) is 2.29. The van der Waals surface area contributed by atoms with Gasteiger partial charge in [0.1, 0.15) is 17.2 Å². The number of ether oxygens (including phenoxy) is 2. The third-order valence-corrected chi connectivity index (χ3v) is 2.37. The van der Waals surface area contributed by atoms with Crippen molar-refractivity contribution in [2.24, 2.45) is 0 Å². The molecule has 0 saturated carbocycles. The lowest BCUT2D eigenvalue weighted by Gasteiger charge is -2.15. The minimum absolute atomic E-state index is 0.0720. The third kappa shape index (κ3) is 3.48. The number of rotatable bonds is 6. The second-order valence-corrected chi connectivity index (χ2v) is 3.49. The van der Waals surface area contributed by atoms with Crippen LogP contribution in [0, 0.1) is 0 Å². The van der Waals surface area contributed by atoms with E-state index in [-0.39, 0.29) is 11.9 Å². The monoisotopic (exact) mass is 246 g/mol. The molecule has 16 heavy (non-hydrogen) atoms. The molecule has 0 amide bonds. The van der Waals surface area contributed by atoms with Gasteiger partial charge in [-0.15, -0.1) is 0 Å². The summed E-state index contributed by atoms with van der Waals surface area (Å²) in [5, 5.41) is 3.34. The highest BCUT2D eigenvalue weighted by Gasteiger charge is 2.10. The molecule has 0 aromatic carbocycles. The predicted molar refractivity (Wildman–Crippen MR) is 62.6 cm³/mol. The molecule has 0 aliphatic rings. The van der Waals surface area contributed by atoms with Crippen molar-refractivity contribution in [1.82, 2.24) is 9.97 Å². The first-order valence-corrected chi connectivity index (χ1v) is 5.08. The van der Waals surface area contributed by atoms with Crippen LogP contribution in [0.15, 0.2) is 6.33 Å². The number of nitrogens with two attached hydrogens (primary N) is 1. The van der Waals surface area contributed by atoms with E-state index in [1.54, 1.807) is 14.2 Å². The Morgan fingerprint density at radius 1 is 1.50 bits per heavy atom. The minimum atomic E-state index is -0.0720. The number of nitrogens with zero attached hydrogens (tertiary/aromatic N) is 2. The Morgan fingerprint density at radius 3 is 2.88 bits per heavy atom. The fourth-order valence-electron chi connectivity index (χ4n) is 1.11. The number of nitrogen functional groups attached to an aromatic ring is 1. The Bertz CT molecular complexity index is 337. The van der Waals surface area contributed by atoms with Gasteiger partial charge in [0.15, 0.2) is 5.82 Å². The van der Waals surface area contributed by atoms with E-state index in [9.17, 15) is 0 Å². The van der Waals surface area contributed by atoms with Crippen molar-refractivity contribution in [2.45, 2.75) is 6.10 Å². The standard InChI is InChI=1S/C9H15ClN4O2/c1-15-4-6(16-2)3-12-9-7(10)8(11)13-5-14-9/h5-6H,3-4H2,1-2H3,(H3,11,12,13,14). The SMILES string of the molecule is COCC(CNc1ncnc(N)c1Cl)OC. The molecule has 0 radical (unpaired) electrons. The van der Waals surface area contributed by atoms with E-state index in [0.29, 0.717) is 24.0 Å². The minimum Gasteiger partial charge on any atom is -0.382 e. The summed E-state index contributed by atoms with van der Waals surface area (Å²) in [6.45, 7) is 1.02. The van der Waals surface area contributed by atoms with Crippen LogP contribution >= 0.6 is 11.6 Å². The van der Waals surface area contributed by atoms with Gasteiger partial charge < -0.3 is 20.5 Å². The lowest BCUT2D eigenvalue weighted by atomic mass is 10.3. The molecular weight excluding hydrogens is 232 g/mol. The van der Waals surface area contributed by atoms with Gasteiger partial charge in [-0.25, -0.2) is 9.97 Å². The van der Waals surface area contributed by atoms with Crippen LogP contribution in [0.5, 0.6) is 0 Å². The van der Waals surface area contributed by atoms with Gasteiger partial charge in [-0.3, -0.25) is 0 Å². The van der Waals surface area contributed by atoms with Crippen LogP contribution < -0.4 is 11.1 Å². The van der Waals surface area contributed by atoms with Crippen LogP contribution in [0.4, 0.5) is 11.6 Å². The zero-order valence-electron chi connectivity index (χ0n) is 9.24. The first-order chi connectivity index (χ1) is 7.69. The van der Waals surface area contributed by atoms with E-state index in [4.69, 9.17) is 26.8 Å². The van der Waals surface area contributed by atoms with E-state index in [2.05, 4.69) is 15.3 Å². The van der Waals surface area contributed by atoms with Crippen LogP contribution in [-0.4, -0.2) is 43.4 Å². The van der Waals surface area contributed by atoms with Crippen LogP contribution in [0.3, 0.4) is 0 Å². The van der Waals surface area contributed by atoms with Crippen molar-refractivity contribution in [3.05, 3.63) is 11.3 Å². The van der Waals surface area contributed by atoms with Gasteiger partial charge in [-0.05, 0) is 0 Å². The lowest BCUT2D eigenvalue weighted by molar-refractivity contribution is 0.0365. The molecule has 0 aliphatic carbocycles. The maximum Gasteiger partial charge on any atom is 0.150 e. The van der Waals surface area contributed by atoms with E-state index in [1.807, 2.05) is 0 Å². The van der Waals surface area contributed by atoms with Crippen molar-refractivity contribution < 1.29 is 9.47 Å². The highest BCUT2D eigenvalue weighted by Crippen LogP contribution is 2.22. The number of aromatic nitrogens is 2. The molecular formula is C9H15ClN4O2. The number of halogens is 1. The van der Waals surface area contributed by atoms with Crippen molar-refractivity contribution in [2.75, 3.05) is 38.4 Å². The summed E-state index contributed by atoms with van der Waals surface area (Å²) in [4.78, 5) is 7.74. The number of methoxy groups -OCH3 is 2. The number of nitrogens with one attached hydrogen (secondary N) is 1. The third-order valence-electron chi connectivity index (χ3n) is 2.00. The fraction of sp³-hybridized carbons (Fsp3) is 0.556. The molecule has 6 nitrogen and oxygen atoms in total. The van der Waals surface area contributed by atoms with Crippen molar-refractivity contribution >= 4 is 23.2 Å². The van der Waals surface area contributed by atoms with Gasteiger partial charge in [-0.2, -0.15) is 0 Å². The maximum atomic E-state index is 5.91. The van der Waals surface area contributed by atoms with Gasteiger partial charge in [0.25, 0.3) is 0 Å². The fourth-order valence-corrected chi connectivity index (χ4v) is 1.28. The van der Waals surface area contributed by atoms with Crippen molar-refractivity contribution in [3.63, 3.8) is 0 Å². The topological polar surface area (TPSA) is 82.3 Å². The molecule has 0 fully saturated rings. The largest absolute Gasteiger partial charge is 0.382 e. The quantitative estimate of drug-likeness (QED) is 0.772. The number of anilines is 2. The molecule has 1 aromatic rings. The normalized spacial score (nSPS) is 12.4. The number of hydrogen-bond acceptors (Lipinski definition) is 6. The van der Waals surface area contributed by atoms with Crippen LogP contribution in [0.25, 0.3) is 0 Å². The summed E-state index contributed by atoms with van der Waals surface area (Å²) in [5.41, 5.74) is 5.54. The van der Waals surface area contributed by atoms with E-state index < -0.39 is 0 Å². The Hall–Kier alpha value is -1.11. The van der Waals surface area contributed by atoms with Gasteiger partial charge in [-0.1, -0.05) is 11.6 Å². The molecule has 3 N–H and O–H groups in total. The first-order valence-electron chi connectivity index (χ1n) is 4.70. The molecule has 90 valence electrons. The molecule has 0 aliphatic heterocycles. The Balaban J connectivity index is 2.56. The van der Waals surface area contributed by atoms with Crippen molar-refractivity contribution in [3.8, 4) is 0 Å². The molecule has 1 rings (SSSR count). The van der Waals surface area contributed by atoms with Gasteiger partial charge in [0.2, 0.25) is 0 Å². The summed E-state index contributed by atoms with van der Waals surface area (Å²) in [7, 11) is 3.23. The van der Waals surface area contributed by atoms with Crippen molar-refractivity contribution in [1.29, 1.82) is 0 Å². The van der Waals surface area contributed by atoms with E-state index in [0.717, 1.165) is 0 Å². The summed E-state index contributed by atoms with van der Waals surface area (Å²) in [6.07, 6.45) is 1.28. The molecule has 0 bridgehead atoms. The second-order valence-electron chi connectivity index (χ2n) is 3.12. The lowest BCUT2D eigenvalue weighted by Crippen LogP contribution is -2.27. The Kier molecular flexibility index (Phi) is 5.24. The summed E-state index contributed by atoms with van der Waals surface area (Å²) in [5.74, 6) is 0.743. The zero-order chi connectivity index (χ0) is 12.0. The average molecular weight is 247 g/mol. The molecule has 0 saturated heterocycles. The summed E-state index contributed by atoms with van der Waals surface area (Å²) >= 11 is 5.91. The Labute approximate surface area is 99.1 Å². The second kappa shape index (κ2) is 6.47. The van der Waals surface area contributed by atoms with Crippen LogP contribution in [0.2, 0.25) is 5.02 Å². The molecule has 1 atom stereocenters. The molecule has 0 spiro atoms. The van der Waals surface area contributed by atoms with E-state index in [1.165, 1.54) is 6.33 Å². The van der Waals surface area contributed by atoms with Gasteiger partial charge >= 0.3 is 0 Å². The Morgan fingerprint density at radius 2 is 2.25 bits per heavy atom. The predicted octanol–water partition coefficient (Wildman–Crippen LogP) is 0.785. The highest BCUT2D eigenvalue weighted by molar-refractivity contribution is 6.35.